The highest BCUT2D eigenvalue weighted by Gasteiger charge is 2.17. The molecule has 3 nitrogen and oxygen atoms in total. The zero-order valence-corrected chi connectivity index (χ0v) is 13.1. The summed E-state index contributed by atoms with van der Waals surface area (Å²) in [6.07, 6.45) is 0. The maximum absolute atomic E-state index is 5.06. The Morgan fingerprint density at radius 3 is 1.76 bits per heavy atom. The van der Waals surface area contributed by atoms with Crippen molar-refractivity contribution < 1.29 is 4.74 Å². The Morgan fingerprint density at radius 2 is 1.41 bits per heavy atom. The summed E-state index contributed by atoms with van der Waals surface area (Å²) in [6.45, 7) is 19.3. The summed E-state index contributed by atoms with van der Waals surface area (Å²) in [5.74, 6) is 0. The largest absolute Gasteiger partial charge is 0.383 e. The number of rotatable bonds is 4. The maximum atomic E-state index is 5.06. The first-order valence-corrected chi connectivity index (χ1v) is 7.19. The SMILES string of the molecule is CC.CC.COCCN1CCN(C(C)C)CC1. The van der Waals surface area contributed by atoms with Crippen LogP contribution in [0.5, 0.6) is 0 Å². The Morgan fingerprint density at radius 1 is 0.941 bits per heavy atom. The van der Waals surface area contributed by atoms with E-state index in [1.165, 1.54) is 26.2 Å². The molecule has 0 aromatic carbocycles. The molecule has 1 aliphatic heterocycles. The van der Waals surface area contributed by atoms with Gasteiger partial charge in [-0.1, -0.05) is 27.7 Å². The average molecular weight is 246 g/mol. The first-order chi connectivity index (χ1) is 8.24. The topological polar surface area (TPSA) is 15.7 Å². The molecule has 0 radical (unpaired) electrons. The molecule has 0 N–H and O–H groups in total. The highest BCUT2D eigenvalue weighted by atomic mass is 16.5. The molecular formula is C14H34N2O. The van der Waals surface area contributed by atoms with E-state index in [1.807, 2.05) is 27.7 Å². The first kappa shape index (κ1) is 19.2. The third kappa shape index (κ3) is 9.57. The van der Waals surface area contributed by atoms with Gasteiger partial charge in [0.25, 0.3) is 0 Å². The van der Waals surface area contributed by atoms with Gasteiger partial charge in [-0.15, -0.1) is 0 Å². The summed E-state index contributed by atoms with van der Waals surface area (Å²) < 4.78 is 5.06. The van der Waals surface area contributed by atoms with E-state index in [2.05, 4.69) is 23.6 Å². The zero-order valence-electron chi connectivity index (χ0n) is 13.1. The number of methoxy groups -OCH3 is 1. The minimum absolute atomic E-state index is 0.699. The van der Waals surface area contributed by atoms with Crippen molar-refractivity contribution >= 4 is 0 Å². The molecule has 0 aliphatic carbocycles. The van der Waals surface area contributed by atoms with Crippen LogP contribution < -0.4 is 0 Å². The van der Waals surface area contributed by atoms with Crippen LogP contribution >= 0.6 is 0 Å². The maximum Gasteiger partial charge on any atom is 0.0589 e. The highest BCUT2D eigenvalue weighted by molar-refractivity contribution is 4.73. The molecule has 0 atom stereocenters. The molecule has 0 amide bonds. The van der Waals surface area contributed by atoms with Crippen molar-refractivity contribution in [2.24, 2.45) is 0 Å². The molecule has 17 heavy (non-hydrogen) atoms. The van der Waals surface area contributed by atoms with E-state index in [-0.39, 0.29) is 0 Å². The van der Waals surface area contributed by atoms with Gasteiger partial charge in [-0.05, 0) is 13.8 Å². The molecule has 0 aromatic heterocycles. The van der Waals surface area contributed by atoms with Crippen molar-refractivity contribution in [3.63, 3.8) is 0 Å². The fraction of sp³-hybridized carbons (Fsp3) is 1.00. The van der Waals surface area contributed by atoms with Crippen LogP contribution in [0.3, 0.4) is 0 Å². The Bertz CT molecular complexity index is 132. The normalized spacial score (nSPS) is 16.9. The fourth-order valence-electron chi connectivity index (χ4n) is 1.72. The number of nitrogens with zero attached hydrogens (tertiary/aromatic N) is 2. The van der Waals surface area contributed by atoms with Gasteiger partial charge in [0.15, 0.2) is 0 Å². The standard InChI is InChI=1S/C10H22N2O.2C2H6/c1-10(2)12-6-4-11(5-7-12)8-9-13-3;2*1-2/h10H,4-9H2,1-3H3;2*1-2H3. The molecule has 1 fully saturated rings. The van der Waals surface area contributed by atoms with Crippen LogP contribution in [0.15, 0.2) is 0 Å². The molecule has 0 saturated carbocycles. The summed E-state index contributed by atoms with van der Waals surface area (Å²) in [5, 5.41) is 0. The van der Waals surface area contributed by atoms with Gasteiger partial charge < -0.3 is 4.74 Å². The van der Waals surface area contributed by atoms with Crippen LogP contribution in [-0.4, -0.2) is 62.3 Å². The molecule has 3 heteroatoms. The Labute approximate surface area is 109 Å². The van der Waals surface area contributed by atoms with Gasteiger partial charge >= 0.3 is 0 Å². The molecule has 1 heterocycles. The van der Waals surface area contributed by atoms with Crippen LogP contribution in [0.2, 0.25) is 0 Å². The van der Waals surface area contributed by atoms with Crippen molar-refractivity contribution in [2.75, 3.05) is 46.4 Å². The fourth-order valence-corrected chi connectivity index (χ4v) is 1.72. The first-order valence-electron chi connectivity index (χ1n) is 7.19. The lowest BCUT2D eigenvalue weighted by Gasteiger charge is -2.36. The van der Waals surface area contributed by atoms with Crippen LogP contribution in [-0.2, 0) is 4.74 Å². The lowest BCUT2D eigenvalue weighted by Crippen LogP contribution is -2.49. The number of hydrogen-bond acceptors (Lipinski definition) is 3. The second-order valence-corrected chi connectivity index (χ2v) is 3.96. The zero-order chi connectivity index (χ0) is 13.7. The third-order valence-electron chi connectivity index (χ3n) is 2.75. The van der Waals surface area contributed by atoms with E-state index in [0.717, 1.165) is 13.2 Å². The number of ether oxygens (including phenoxy) is 1. The van der Waals surface area contributed by atoms with Gasteiger partial charge in [-0.3, -0.25) is 9.80 Å². The number of piperazine rings is 1. The summed E-state index contributed by atoms with van der Waals surface area (Å²) in [5.41, 5.74) is 0. The molecule has 1 aliphatic rings. The average Bonchev–Trinajstić information content (AvgIpc) is 2.41. The van der Waals surface area contributed by atoms with Gasteiger partial charge in [0.05, 0.1) is 6.61 Å². The van der Waals surface area contributed by atoms with Crippen molar-refractivity contribution in [1.29, 1.82) is 0 Å². The Kier molecular flexibility index (Phi) is 15.8. The molecule has 106 valence electrons. The number of hydrogen-bond donors (Lipinski definition) is 0. The predicted molar refractivity (Wildman–Crippen MR) is 77.7 cm³/mol. The van der Waals surface area contributed by atoms with Crippen LogP contribution in [0, 0.1) is 0 Å². The van der Waals surface area contributed by atoms with Crippen LogP contribution in [0.25, 0.3) is 0 Å². The van der Waals surface area contributed by atoms with E-state index < -0.39 is 0 Å². The molecule has 1 rings (SSSR count). The molecule has 0 bridgehead atoms. The van der Waals surface area contributed by atoms with Crippen LogP contribution in [0.1, 0.15) is 41.5 Å². The highest BCUT2D eigenvalue weighted by Crippen LogP contribution is 2.04. The van der Waals surface area contributed by atoms with E-state index >= 15 is 0 Å². The molecule has 1 saturated heterocycles. The predicted octanol–water partition coefficient (Wildman–Crippen LogP) is 2.71. The third-order valence-corrected chi connectivity index (χ3v) is 2.75. The van der Waals surface area contributed by atoms with Gasteiger partial charge in [0.2, 0.25) is 0 Å². The van der Waals surface area contributed by atoms with Crippen molar-refractivity contribution in [2.45, 2.75) is 47.6 Å². The van der Waals surface area contributed by atoms with Crippen LogP contribution in [0.4, 0.5) is 0 Å². The molecular weight excluding hydrogens is 212 g/mol. The summed E-state index contributed by atoms with van der Waals surface area (Å²) >= 11 is 0. The smallest absolute Gasteiger partial charge is 0.0589 e. The van der Waals surface area contributed by atoms with Crippen molar-refractivity contribution in [1.82, 2.24) is 9.80 Å². The van der Waals surface area contributed by atoms with Crippen molar-refractivity contribution in [3.8, 4) is 0 Å². The summed E-state index contributed by atoms with van der Waals surface area (Å²) in [4.78, 5) is 5.01. The van der Waals surface area contributed by atoms with E-state index in [1.54, 1.807) is 7.11 Å². The minimum Gasteiger partial charge on any atom is -0.383 e. The minimum atomic E-state index is 0.699. The van der Waals surface area contributed by atoms with Gasteiger partial charge in [0, 0.05) is 45.9 Å². The van der Waals surface area contributed by atoms with E-state index in [4.69, 9.17) is 4.74 Å². The monoisotopic (exact) mass is 246 g/mol. The summed E-state index contributed by atoms with van der Waals surface area (Å²) in [6, 6.07) is 0.699. The van der Waals surface area contributed by atoms with Crippen molar-refractivity contribution in [3.05, 3.63) is 0 Å². The Hall–Kier alpha value is -0.120. The molecule has 0 unspecified atom stereocenters. The van der Waals surface area contributed by atoms with Gasteiger partial charge in [0.1, 0.15) is 0 Å². The summed E-state index contributed by atoms with van der Waals surface area (Å²) in [7, 11) is 1.77. The van der Waals surface area contributed by atoms with Gasteiger partial charge in [-0.2, -0.15) is 0 Å². The second kappa shape index (κ2) is 13.9. The second-order valence-electron chi connectivity index (χ2n) is 3.96. The van der Waals surface area contributed by atoms with E-state index in [0.29, 0.717) is 6.04 Å². The lowest BCUT2D eigenvalue weighted by atomic mass is 10.2. The molecule has 0 spiro atoms. The Balaban J connectivity index is 0. The lowest BCUT2D eigenvalue weighted by molar-refractivity contribution is 0.0828. The van der Waals surface area contributed by atoms with Gasteiger partial charge in [-0.25, -0.2) is 0 Å². The molecule has 0 aromatic rings. The van der Waals surface area contributed by atoms with E-state index in [9.17, 15) is 0 Å². The quantitative estimate of drug-likeness (QED) is 0.758.